The number of thiazole rings is 1. The maximum Gasteiger partial charge on any atom is 1.00 e. The second-order valence-electron chi connectivity index (χ2n) is 7.53. The van der Waals surface area contributed by atoms with Gasteiger partial charge in [0.25, 0.3) is 5.91 Å². The molecule has 0 spiro atoms. The molecule has 3 aromatic carbocycles. The van der Waals surface area contributed by atoms with E-state index in [0.717, 1.165) is 11.3 Å². The third-order valence-corrected chi connectivity index (χ3v) is 7.22. The number of aryl methyl sites for hydroxylation is 1. The fraction of sp³-hybridized carbons (Fsp3) is 0.0833. The summed E-state index contributed by atoms with van der Waals surface area (Å²) in [4.78, 5) is 16.7. The number of para-hydroxylation sites is 1. The SMILES string of the molecule is C/C(O)=C(/N=Nc1ccc(-c2nc3ccc(C)c(S(=O)(=O)[O-])c3s2)cc1)C(=O)Nc1ccccc1.[Na+]. The minimum absolute atomic E-state index is 0. The molecule has 0 bridgehead atoms. The molecule has 0 aliphatic heterocycles. The quantitative estimate of drug-likeness (QED) is 0.129. The minimum Gasteiger partial charge on any atom is -0.744 e. The Morgan fingerprint density at radius 3 is 2.33 bits per heavy atom. The van der Waals surface area contributed by atoms with Crippen LogP contribution in [0.2, 0.25) is 0 Å². The molecule has 4 aromatic rings. The zero-order valence-electron chi connectivity index (χ0n) is 19.6. The van der Waals surface area contributed by atoms with E-state index >= 15 is 0 Å². The van der Waals surface area contributed by atoms with E-state index in [4.69, 9.17) is 0 Å². The van der Waals surface area contributed by atoms with E-state index in [2.05, 4.69) is 20.5 Å². The third kappa shape index (κ3) is 6.25. The van der Waals surface area contributed by atoms with E-state index in [9.17, 15) is 22.9 Å². The number of benzene rings is 3. The second-order valence-corrected chi connectivity index (χ2v) is 9.85. The summed E-state index contributed by atoms with van der Waals surface area (Å²) in [5.74, 6) is -0.891. The number of nitrogens with zero attached hydrogens (tertiary/aromatic N) is 3. The molecule has 0 saturated carbocycles. The number of carbonyl (C=O) groups excluding carboxylic acids is 1. The first-order valence-corrected chi connectivity index (χ1v) is 12.5. The smallest absolute Gasteiger partial charge is 0.744 e. The van der Waals surface area contributed by atoms with Crippen molar-refractivity contribution < 1.29 is 52.4 Å². The first kappa shape index (κ1) is 27.7. The van der Waals surface area contributed by atoms with Crippen molar-refractivity contribution in [3.63, 3.8) is 0 Å². The van der Waals surface area contributed by atoms with E-state index in [0.29, 0.717) is 37.7 Å². The van der Waals surface area contributed by atoms with Gasteiger partial charge < -0.3 is 15.0 Å². The van der Waals surface area contributed by atoms with E-state index in [-0.39, 0.29) is 45.9 Å². The fourth-order valence-electron chi connectivity index (χ4n) is 3.27. The summed E-state index contributed by atoms with van der Waals surface area (Å²) in [5.41, 5.74) is 2.22. The number of aliphatic hydroxyl groups is 1. The molecule has 178 valence electrons. The average molecular weight is 531 g/mol. The van der Waals surface area contributed by atoms with Crippen LogP contribution in [0.3, 0.4) is 0 Å². The molecule has 0 aliphatic carbocycles. The van der Waals surface area contributed by atoms with E-state index in [1.165, 1.54) is 6.92 Å². The van der Waals surface area contributed by atoms with Crippen LogP contribution in [0.25, 0.3) is 20.8 Å². The zero-order valence-corrected chi connectivity index (χ0v) is 23.2. The molecule has 4 rings (SSSR count). The van der Waals surface area contributed by atoms with Gasteiger partial charge in [-0.1, -0.05) is 24.3 Å². The van der Waals surface area contributed by atoms with Gasteiger partial charge in [-0.25, -0.2) is 13.4 Å². The van der Waals surface area contributed by atoms with Crippen molar-refractivity contribution in [3.05, 3.63) is 83.7 Å². The predicted octanol–water partition coefficient (Wildman–Crippen LogP) is 2.69. The Morgan fingerprint density at radius 1 is 1.06 bits per heavy atom. The number of azo groups is 1. The molecule has 9 nitrogen and oxygen atoms in total. The normalized spacial score (nSPS) is 12.3. The minimum atomic E-state index is -4.65. The van der Waals surface area contributed by atoms with Crippen LogP contribution in [0.15, 0.2) is 93.3 Å². The number of hydrogen-bond acceptors (Lipinski definition) is 9. The van der Waals surface area contributed by atoms with Crippen molar-refractivity contribution in [1.82, 2.24) is 4.98 Å². The van der Waals surface area contributed by atoms with Crippen LogP contribution >= 0.6 is 11.3 Å². The maximum atomic E-state index is 12.5. The van der Waals surface area contributed by atoms with Crippen LogP contribution in [0.4, 0.5) is 11.4 Å². The Kier molecular flexibility index (Phi) is 8.77. The topological polar surface area (TPSA) is 144 Å². The van der Waals surface area contributed by atoms with Crippen molar-refractivity contribution >= 4 is 49.0 Å². The Labute approximate surface area is 233 Å². The van der Waals surface area contributed by atoms with Gasteiger partial charge in [-0.2, -0.15) is 5.11 Å². The molecule has 0 atom stereocenters. The summed E-state index contributed by atoms with van der Waals surface area (Å²) in [6, 6.07) is 18.7. The molecule has 0 fully saturated rings. The third-order valence-electron chi connectivity index (χ3n) is 4.93. The number of anilines is 1. The molecule has 0 radical (unpaired) electrons. The largest absolute Gasteiger partial charge is 1.00 e. The van der Waals surface area contributed by atoms with Crippen LogP contribution in [0.5, 0.6) is 0 Å². The van der Waals surface area contributed by atoms with Crippen molar-refractivity contribution in [3.8, 4) is 10.6 Å². The van der Waals surface area contributed by atoms with Gasteiger partial charge in [-0.15, -0.1) is 16.5 Å². The van der Waals surface area contributed by atoms with Gasteiger partial charge in [0.05, 0.1) is 20.8 Å². The van der Waals surface area contributed by atoms with Gasteiger partial charge in [0.2, 0.25) is 0 Å². The molecular weight excluding hydrogens is 511 g/mol. The monoisotopic (exact) mass is 530 g/mol. The standard InChI is InChI=1S/C24H20N4O5S2.Na/c1-14-8-13-19-21(22(14)35(31,32)33)34-24(26-19)16-9-11-18(12-10-16)27-28-20(15(2)29)23(30)25-17-6-4-3-5-7-17;/h3-13,29H,1-2H3,(H,25,30)(H,31,32,33);/q;+1/p-1/b20-15-,28-27?;. The van der Waals surface area contributed by atoms with Crippen molar-refractivity contribution in [2.45, 2.75) is 18.7 Å². The average Bonchev–Trinajstić information content (AvgIpc) is 3.23. The maximum absolute atomic E-state index is 12.5. The van der Waals surface area contributed by atoms with Gasteiger partial charge in [0.1, 0.15) is 20.9 Å². The van der Waals surface area contributed by atoms with E-state index < -0.39 is 16.0 Å². The van der Waals surface area contributed by atoms with E-state index in [1.54, 1.807) is 67.6 Å². The molecule has 1 heterocycles. The number of aromatic nitrogens is 1. The van der Waals surface area contributed by atoms with Gasteiger partial charge >= 0.3 is 29.6 Å². The van der Waals surface area contributed by atoms with Crippen LogP contribution < -0.4 is 34.9 Å². The van der Waals surface area contributed by atoms with Crippen LogP contribution in [-0.4, -0.2) is 29.0 Å². The summed E-state index contributed by atoms with van der Waals surface area (Å²) < 4.78 is 35.5. The summed E-state index contributed by atoms with van der Waals surface area (Å²) in [6.45, 7) is 2.91. The summed E-state index contributed by atoms with van der Waals surface area (Å²) in [6.07, 6.45) is 0. The van der Waals surface area contributed by atoms with Crippen LogP contribution in [0, 0.1) is 6.92 Å². The summed E-state index contributed by atoms with van der Waals surface area (Å²) >= 11 is 1.11. The Bertz CT molecular complexity index is 1580. The van der Waals surface area contributed by atoms with Gasteiger partial charge in [0.15, 0.2) is 5.70 Å². The Hall–Kier alpha value is -2.93. The fourth-order valence-corrected chi connectivity index (χ4v) is 5.56. The number of nitrogens with one attached hydrogen (secondary N) is 1. The van der Waals surface area contributed by atoms with Gasteiger partial charge in [-0.05, 0) is 61.9 Å². The van der Waals surface area contributed by atoms with Crippen LogP contribution in [-0.2, 0) is 14.9 Å². The molecule has 12 heteroatoms. The Balaban J connectivity index is 0.00000361. The molecular formula is C24H19N4NaO5S2. The summed E-state index contributed by atoms with van der Waals surface area (Å²) in [5, 5.41) is 21.0. The molecule has 1 amide bonds. The number of carbonyl (C=O) groups is 1. The molecule has 0 saturated heterocycles. The Morgan fingerprint density at radius 2 is 1.72 bits per heavy atom. The number of rotatable bonds is 6. The molecule has 1 aromatic heterocycles. The van der Waals surface area contributed by atoms with Crippen molar-refractivity contribution in [2.75, 3.05) is 5.32 Å². The van der Waals surface area contributed by atoms with Gasteiger partial charge in [0, 0.05) is 11.3 Å². The van der Waals surface area contributed by atoms with Gasteiger partial charge in [-0.3, -0.25) is 4.79 Å². The number of amides is 1. The van der Waals surface area contributed by atoms with Crippen molar-refractivity contribution in [1.29, 1.82) is 0 Å². The number of fused-ring (bicyclic) bond motifs is 1. The molecule has 2 N–H and O–H groups in total. The first-order valence-electron chi connectivity index (χ1n) is 10.3. The molecule has 0 aliphatic rings. The predicted molar refractivity (Wildman–Crippen MR) is 133 cm³/mol. The molecule has 36 heavy (non-hydrogen) atoms. The second kappa shape index (κ2) is 11.4. The van der Waals surface area contributed by atoms with Crippen molar-refractivity contribution in [2.24, 2.45) is 10.2 Å². The summed E-state index contributed by atoms with van der Waals surface area (Å²) in [7, 11) is -4.65. The van der Waals surface area contributed by atoms with Crippen LogP contribution in [0.1, 0.15) is 12.5 Å². The first-order chi connectivity index (χ1) is 16.6. The van der Waals surface area contributed by atoms with E-state index in [1.807, 2.05) is 6.07 Å². The number of allylic oxidation sites excluding steroid dienone is 1. The zero-order chi connectivity index (χ0) is 25.2. The molecule has 0 unspecified atom stereocenters. The number of hydrogen-bond donors (Lipinski definition) is 2. The number of aliphatic hydroxyl groups excluding tert-OH is 1.